The third-order valence-electron chi connectivity index (χ3n) is 3.97. The first kappa shape index (κ1) is 17.9. The highest BCUT2D eigenvalue weighted by atomic mass is 32.1. The number of hydrogen-bond donors (Lipinski definition) is 1. The monoisotopic (exact) mass is 392 g/mol. The van der Waals surface area contributed by atoms with Gasteiger partial charge in [0.05, 0.1) is 30.5 Å². The third kappa shape index (κ3) is 4.07. The highest BCUT2D eigenvalue weighted by molar-refractivity contribution is 7.13. The molecule has 1 aromatic carbocycles. The Bertz CT molecular complexity index is 1070. The predicted octanol–water partition coefficient (Wildman–Crippen LogP) is 1.74. The molecule has 0 unspecified atom stereocenters. The second kappa shape index (κ2) is 8.01. The maximum Gasteiger partial charge on any atom is 0.224 e. The van der Waals surface area contributed by atoms with Gasteiger partial charge >= 0.3 is 0 Å². The standard InChI is InChI=1S/C18H16N8OS/c1-12-23-24-25-26(12)15-4-2-13(3-5-15)8-17(27)21-9-14-11-28-18(22-14)16-10-19-6-7-20-16/h2-7,10-11H,8-9H2,1H3,(H,21,27). The molecule has 0 aliphatic heterocycles. The van der Waals surface area contributed by atoms with Gasteiger partial charge in [0, 0.05) is 17.8 Å². The number of benzene rings is 1. The molecule has 0 spiro atoms. The number of nitrogens with zero attached hydrogens (tertiary/aromatic N) is 7. The van der Waals surface area contributed by atoms with Crippen molar-refractivity contribution < 1.29 is 4.79 Å². The average molecular weight is 392 g/mol. The van der Waals surface area contributed by atoms with Gasteiger partial charge in [0.15, 0.2) is 5.82 Å². The fourth-order valence-corrected chi connectivity index (χ4v) is 3.36. The van der Waals surface area contributed by atoms with Crippen molar-refractivity contribution >= 4 is 17.2 Å². The lowest BCUT2D eigenvalue weighted by Gasteiger charge is -2.05. The molecule has 0 radical (unpaired) electrons. The topological polar surface area (TPSA) is 111 Å². The largest absolute Gasteiger partial charge is 0.350 e. The van der Waals surface area contributed by atoms with Gasteiger partial charge in [-0.05, 0) is 35.0 Å². The summed E-state index contributed by atoms with van der Waals surface area (Å²) in [7, 11) is 0. The second-order valence-corrected chi connectivity index (χ2v) is 6.85. The Morgan fingerprint density at radius 2 is 2.07 bits per heavy atom. The van der Waals surface area contributed by atoms with Gasteiger partial charge in [0.2, 0.25) is 5.91 Å². The molecule has 3 heterocycles. The minimum Gasteiger partial charge on any atom is -0.350 e. The summed E-state index contributed by atoms with van der Waals surface area (Å²) >= 11 is 1.48. The Balaban J connectivity index is 1.32. The van der Waals surface area contributed by atoms with Crippen molar-refractivity contribution in [2.24, 2.45) is 0 Å². The van der Waals surface area contributed by atoms with Crippen LogP contribution in [0.4, 0.5) is 0 Å². The summed E-state index contributed by atoms with van der Waals surface area (Å²) in [6, 6.07) is 7.56. The summed E-state index contributed by atoms with van der Waals surface area (Å²) in [4.78, 5) is 25.0. The maximum atomic E-state index is 12.2. The second-order valence-electron chi connectivity index (χ2n) is 5.99. The van der Waals surface area contributed by atoms with E-state index in [9.17, 15) is 4.79 Å². The van der Waals surface area contributed by atoms with Gasteiger partial charge in [-0.2, -0.15) is 4.68 Å². The van der Waals surface area contributed by atoms with Crippen molar-refractivity contribution in [1.29, 1.82) is 0 Å². The molecule has 140 valence electrons. The molecule has 0 fully saturated rings. The maximum absolute atomic E-state index is 12.2. The lowest BCUT2D eigenvalue weighted by Crippen LogP contribution is -2.24. The van der Waals surface area contributed by atoms with Crippen molar-refractivity contribution in [3.05, 3.63) is 65.3 Å². The summed E-state index contributed by atoms with van der Waals surface area (Å²) in [5.41, 5.74) is 3.28. The molecule has 9 nitrogen and oxygen atoms in total. The number of amides is 1. The summed E-state index contributed by atoms with van der Waals surface area (Å²) < 4.78 is 1.64. The number of carbonyl (C=O) groups is 1. The molecular weight excluding hydrogens is 376 g/mol. The van der Waals surface area contributed by atoms with Crippen molar-refractivity contribution in [1.82, 2.24) is 40.5 Å². The number of rotatable bonds is 6. The molecule has 28 heavy (non-hydrogen) atoms. The van der Waals surface area contributed by atoms with Gasteiger partial charge in [-0.3, -0.25) is 14.8 Å². The number of carbonyl (C=O) groups excluding carboxylic acids is 1. The molecule has 0 bridgehead atoms. The van der Waals surface area contributed by atoms with Crippen molar-refractivity contribution in [2.75, 3.05) is 0 Å². The third-order valence-corrected chi connectivity index (χ3v) is 4.89. The molecule has 3 aromatic heterocycles. The number of hydrogen-bond acceptors (Lipinski definition) is 8. The molecule has 0 aliphatic carbocycles. The fourth-order valence-electron chi connectivity index (χ4n) is 2.58. The van der Waals surface area contributed by atoms with E-state index < -0.39 is 0 Å². The van der Waals surface area contributed by atoms with Crippen LogP contribution in [0.15, 0.2) is 48.2 Å². The Morgan fingerprint density at radius 1 is 1.21 bits per heavy atom. The molecule has 0 saturated heterocycles. The van der Waals surface area contributed by atoms with Crippen LogP contribution in [0.2, 0.25) is 0 Å². The zero-order valence-corrected chi connectivity index (χ0v) is 15.8. The van der Waals surface area contributed by atoms with Crippen LogP contribution in [0.25, 0.3) is 16.4 Å². The van der Waals surface area contributed by atoms with Gasteiger partial charge in [-0.25, -0.2) is 4.98 Å². The van der Waals surface area contributed by atoms with Crippen LogP contribution < -0.4 is 5.32 Å². The molecule has 1 N–H and O–H groups in total. The number of nitrogens with one attached hydrogen (secondary N) is 1. The van der Waals surface area contributed by atoms with Crippen LogP contribution in [0.5, 0.6) is 0 Å². The Morgan fingerprint density at radius 3 is 2.79 bits per heavy atom. The van der Waals surface area contributed by atoms with Crippen LogP contribution in [-0.2, 0) is 17.8 Å². The van der Waals surface area contributed by atoms with E-state index in [0.29, 0.717) is 12.4 Å². The van der Waals surface area contributed by atoms with E-state index >= 15 is 0 Å². The molecule has 0 aliphatic rings. The Labute approximate surface area is 164 Å². The first-order valence-corrected chi connectivity index (χ1v) is 9.39. The van der Waals surface area contributed by atoms with Crippen LogP contribution in [0.3, 0.4) is 0 Å². The highest BCUT2D eigenvalue weighted by Gasteiger charge is 2.09. The quantitative estimate of drug-likeness (QED) is 0.532. The summed E-state index contributed by atoms with van der Waals surface area (Å²) in [5.74, 6) is 0.634. The van der Waals surface area contributed by atoms with Gasteiger partial charge in [-0.15, -0.1) is 16.4 Å². The predicted molar refractivity (Wildman–Crippen MR) is 103 cm³/mol. The Hall–Kier alpha value is -3.53. The first-order chi connectivity index (χ1) is 13.7. The number of thiazole rings is 1. The van der Waals surface area contributed by atoms with Gasteiger partial charge in [-0.1, -0.05) is 12.1 Å². The molecule has 0 saturated carbocycles. The summed E-state index contributed by atoms with van der Waals surface area (Å²) in [6.07, 6.45) is 5.21. The minimum atomic E-state index is -0.0691. The van der Waals surface area contributed by atoms with Crippen LogP contribution in [0.1, 0.15) is 17.1 Å². The van der Waals surface area contributed by atoms with E-state index in [4.69, 9.17) is 0 Å². The normalized spacial score (nSPS) is 10.8. The smallest absolute Gasteiger partial charge is 0.224 e. The van der Waals surface area contributed by atoms with Gasteiger partial charge < -0.3 is 5.32 Å². The van der Waals surface area contributed by atoms with Gasteiger partial charge in [0.25, 0.3) is 0 Å². The molecule has 1 amide bonds. The van der Waals surface area contributed by atoms with Gasteiger partial charge in [0.1, 0.15) is 10.7 Å². The zero-order valence-electron chi connectivity index (χ0n) is 15.0. The van der Waals surface area contributed by atoms with Crippen molar-refractivity contribution in [2.45, 2.75) is 19.9 Å². The van der Waals surface area contributed by atoms with E-state index in [2.05, 4.69) is 35.8 Å². The first-order valence-electron chi connectivity index (χ1n) is 8.51. The van der Waals surface area contributed by atoms with Crippen LogP contribution in [0, 0.1) is 6.92 Å². The molecule has 0 atom stereocenters. The lowest BCUT2D eigenvalue weighted by molar-refractivity contribution is -0.120. The van der Waals surface area contributed by atoms with E-state index in [1.54, 1.807) is 23.3 Å². The van der Waals surface area contributed by atoms with E-state index in [-0.39, 0.29) is 12.3 Å². The molecule has 4 rings (SSSR count). The van der Waals surface area contributed by atoms with Crippen LogP contribution in [-0.4, -0.2) is 41.1 Å². The summed E-state index contributed by atoms with van der Waals surface area (Å²) in [6.45, 7) is 2.20. The van der Waals surface area contributed by atoms with Crippen LogP contribution >= 0.6 is 11.3 Å². The number of aromatic nitrogens is 7. The summed E-state index contributed by atoms with van der Waals surface area (Å²) in [5, 5.41) is 17.0. The Kier molecular flexibility index (Phi) is 5.11. The lowest BCUT2D eigenvalue weighted by atomic mass is 10.1. The van der Waals surface area contributed by atoms with Crippen molar-refractivity contribution in [3.63, 3.8) is 0 Å². The molecule has 10 heteroatoms. The van der Waals surface area contributed by atoms with E-state index in [0.717, 1.165) is 27.6 Å². The molecule has 4 aromatic rings. The SMILES string of the molecule is Cc1nnnn1-c1ccc(CC(=O)NCc2csc(-c3cnccn3)n2)cc1. The number of tetrazole rings is 1. The minimum absolute atomic E-state index is 0.0691. The number of aryl methyl sites for hydroxylation is 1. The van der Waals surface area contributed by atoms with E-state index in [1.807, 2.05) is 36.6 Å². The van der Waals surface area contributed by atoms with E-state index in [1.165, 1.54) is 11.3 Å². The fraction of sp³-hybridized carbons (Fsp3) is 0.167. The van der Waals surface area contributed by atoms with Crippen molar-refractivity contribution in [3.8, 4) is 16.4 Å². The average Bonchev–Trinajstić information content (AvgIpc) is 3.37. The zero-order chi connectivity index (χ0) is 19.3. The molecular formula is C18H16N8OS. The highest BCUT2D eigenvalue weighted by Crippen LogP contribution is 2.20.